The van der Waals surface area contributed by atoms with Gasteiger partial charge in [0.15, 0.2) is 0 Å². The number of nitrogens with zero attached hydrogens (tertiary/aromatic N) is 1. The van der Waals surface area contributed by atoms with Crippen LogP contribution in [0.15, 0.2) is 18.3 Å². The van der Waals surface area contributed by atoms with Gasteiger partial charge in [-0.3, -0.25) is 0 Å². The first-order valence-corrected chi connectivity index (χ1v) is 6.57. The highest BCUT2D eigenvalue weighted by atomic mass is 32.2. The summed E-state index contributed by atoms with van der Waals surface area (Å²) in [6, 6.07) is 4.21. The number of aromatic nitrogens is 1. The fourth-order valence-corrected chi connectivity index (χ4v) is 1.83. The van der Waals surface area contributed by atoms with E-state index in [0.717, 1.165) is 24.5 Å². The van der Waals surface area contributed by atoms with Gasteiger partial charge in [-0.25, -0.2) is 4.98 Å². The van der Waals surface area contributed by atoms with Crippen LogP contribution in [0.1, 0.15) is 32.8 Å². The van der Waals surface area contributed by atoms with Crippen LogP contribution in [0.5, 0.6) is 0 Å². The Morgan fingerprint density at radius 2 is 2.20 bits per heavy atom. The second-order valence-electron chi connectivity index (χ2n) is 3.84. The SMILES string of the molecule is CCCNc1ccc(CSC(C)C)cn1. The van der Waals surface area contributed by atoms with Gasteiger partial charge in [0.05, 0.1) is 0 Å². The molecule has 0 saturated heterocycles. The van der Waals surface area contributed by atoms with Crippen LogP contribution >= 0.6 is 11.8 Å². The third-order valence-corrected chi connectivity index (χ3v) is 3.13. The van der Waals surface area contributed by atoms with E-state index in [9.17, 15) is 0 Å². The lowest BCUT2D eigenvalue weighted by Gasteiger charge is -2.06. The molecule has 0 fully saturated rings. The summed E-state index contributed by atoms with van der Waals surface area (Å²) in [5, 5.41) is 3.95. The van der Waals surface area contributed by atoms with Crippen LogP contribution in [0.25, 0.3) is 0 Å². The fraction of sp³-hybridized carbons (Fsp3) is 0.583. The average Bonchev–Trinajstić information content (AvgIpc) is 2.25. The molecule has 0 unspecified atom stereocenters. The van der Waals surface area contributed by atoms with Gasteiger partial charge in [0.2, 0.25) is 0 Å². The molecule has 1 heterocycles. The summed E-state index contributed by atoms with van der Waals surface area (Å²) >= 11 is 1.95. The lowest BCUT2D eigenvalue weighted by molar-refractivity contribution is 0.968. The maximum atomic E-state index is 4.37. The standard InChI is InChI=1S/C12H20N2S/c1-4-7-13-12-6-5-11(8-14-12)9-15-10(2)3/h5-6,8,10H,4,7,9H2,1-3H3,(H,13,14). The molecule has 15 heavy (non-hydrogen) atoms. The minimum Gasteiger partial charge on any atom is -0.370 e. The van der Waals surface area contributed by atoms with Crippen molar-refractivity contribution in [2.75, 3.05) is 11.9 Å². The van der Waals surface area contributed by atoms with Gasteiger partial charge in [0, 0.05) is 18.5 Å². The van der Waals surface area contributed by atoms with Crippen molar-refractivity contribution < 1.29 is 0 Å². The first kappa shape index (κ1) is 12.4. The maximum Gasteiger partial charge on any atom is 0.125 e. The molecule has 1 N–H and O–H groups in total. The molecule has 0 atom stereocenters. The van der Waals surface area contributed by atoms with Gasteiger partial charge >= 0.3 is 0 Å². The molecule has 0 bridgehead atoms. The molecule has 0 aliphatic carbocycles. The Labute approximate surface area is 96.9 Å². The van der Waals surface area contributed by atoms with Gasteiger partial charge in [0.25, 0.3) is 0 Å². The number of nitrogens with one attached hydrogen (secondary N) is 1. The monoisotopic (exact) mass is 224 g/mol. The maximum absolute atomic E-state index is 4.37. The Morgan fingerprint density at radius 3 is 2.73 bits per heavy atom. The van der Waals surface area contributed by atoms with E-state index in [0.29, 0.717) is 5.25 Å². The van der Waals surface area contributed by atoms with E-state index in [1.54, 1.807) is 0 Å². The zero-order valence-electron chi connectivity index (χ0n) is 9.79. The highest BCUT2D eigenvalue weighted by Gasteiger charge is 1.98. The number of pyridine rings is 1. The van der Waals surface area contributed by atoms with Crippen molar-refractivity contribution in [3.05, 3.63) is 23.9 Å². The van der Waals surface area contributed by atoms with E-state index in [4.69, 9.17) is 0 Å². The number of anilines is 1. The topological polar surface area (TPSA) is 24.9 Å². The van der Waals surface area contributed by atoms with Crippen LogP contribution in [0.4, 0.5) is 5.82 Å². The minimum absolute atomic E-state index is 0.683. The first-order chi connectivity index (χ1) is 7.22. The first-order valence-electron chi connectivity index (χ1n) is 5.52. The summed E-state index contributed by atoms with van der Waals surface area (Å²) in [5.41, 5.74) is 1.30. The van der Waals surface area contributed by atoms with Crippen molar-refractivity contribution in [2.24, 2.45) is 0 Å². The van der Waals surface area contributed by atoms with Crippen LogP contribution < -0.4 is 5.32 Å². The molecular formula is C12H20N2S. The van der Waals surface area contributed by atoms with Gasteiger partial charge in [-0.1, -0.05) is 26.8 Å². The molecule has 1 aromatic heterocycles. The van der Waals surface area contributed by atoms with Gasteiger partial charge in [-0.2, -0.15) is 11.8 Å². The fourth-order valence-electron chi connectivity index (χ4n) is 1.13. The van der Waals surface area contributed by atoms with Crippen molar-refractivity contribution >= 4 is 17.6 Å². The Kier molecular flexibility index (Phi) is 5.54. The van der Waals surface area contributed by atoms with Crippen molar-refractivity contribution in [3.63, 3.8) is 0 Å². The molecule has 0 saturated carbocycles. The average molecular weight is 224 g/mol. The van der Waals surface area contributed by atoms with E-state index in [1.807, 2.05) is 18.0 Å². The molecule has 0 radical (unpaired) electrons. The van der Waals surface area contributed by atoms with Crippen LogP contribution in [-0.2, 0) is 5.75 Å². The van der Waals surface area contributed by atoms with Crippen molar-refractivity contribution in [1.29, 1.82) is 0 Å². The predicted octanol–water partition coefficient (Wildman–Crippen LogP) is 3.55. The molecule has 0 spiro atoms. The van der Waals surface area contributed by atoms with Crippen molar-refractivity contribution in [1.82, 2.24) is 4.98 Å². The molecule has 1 aromatic rings. The van der Waals surface area contributed by atoms with E-state index >= 15 is 0 Å². The van der Waals surface area contributed by atoms with Crippen molar-refractivity contribution in [2.45, 2.75) is 38.2 Å². The minimum atomic E-state index is 0.683. The summed E-state index contributed by atoms with van der Waals surface area (Å²) in [4.78, 5) is 4.37. The zero-order valence-corrected chi connectivity index (χ0v) is 10.6. The second kappa shape index (κ2) is 6.72. The van der Waals surface area contributed by atoms with E-state index in [2.05, 4.69) is 43.2 Å². The summed E-state index contributed by atoms with van der Waals surface area (Å²) in [6.07, 6.45) is 3.10. The van der Waals surface area contributed by atoms with Crippen LogP contribution in [-0.4, -0.2) is 16.8 Å². The molecular weight excluding hydrogens is 204 g/mol. The lowest BCUT2D eigenvalue weighted by atomic mass is 10.3. The van der Waals surface area contributed by atoms with Crippen LogP contribution in [0.2, 0.25) is 0 Å². The van der Waals surface area contributed by atoms with Crippen molar-refractivity contribution in [3.8, 4) is 0 Å². The summed E-state index contributed by atoms with van der Waals surface area (Å²) < 4.78 is 0. The molecule has 0 aliphatic rings. The zero-order chi connectivity index (χ0) is 11.1. The molecule has 1 rings (SSSR count). The molecule has 0 aromatic carbocycles. The molecule has 0 amide bonds. The van der Waals surface area contributed by atoms with Gasteiger partial charge < -0.3 is 5.32 Å². The quantitative estimate of drug-likeness (QED) is 0.800. The third kappa shape index (κ3) is 5.07. The number of thioether (sulfide) groups is 1. The largest absolute Gasteiger partial charge is 0.370 e. The Hall–Kier alpha value is -0.700. The van der Waals surface area contributed by atoms with Crippen LogP contribution in [0.3, 0.4) is 0 Å². The summed E-state index contributed by atoms with van der Waals surface area (Å²) in [7, 11) is 0. The van der Waals surface area contributed by atoms with E-state index in [-0.39, 0.29) is 0 Å². The highest BCUT2D eigenvalue weighted by molar-refractivity contribution is 7.99. The Bertz CT molecular complexity index is 269. The molecule has 2 nitrogen and oxygen atoms in total. The van der Waals surface area contributed by atoms with E-state index in [1.165, 1.54) is 5.56 Å². The number of rotatable bonds is 6. The number of hydrogen-bond donors (Lipinski definition) is 1. The predicted molar refractivity (Wildman–Crippen MR) is 69.4 cm³/mol. The summed E-state index contributed by atoms with van der Waals surface area (Å²) in [6.45, 7) is 7.58. The van der Waals surface area contributed by atoms with Crippen LogP contribution in [0, 0.1) is 0 Å². The molecule has 84 valence electrons. The highest BCUT2D eigenvalue weighted by Crippen LogP contribution is 2.17. The second-order valence-corrected chi connectivity index (χ2v) is 5.40. The smallest absolute Gasteiger partial charge is 0.125 e. The van der Waals surface area contributed by atoms with Gasteiger partial charge in [0.1, 0.15) is 5.82 Å². The van der Waals surface area contributed by atoms with Gasteiger partial charge in [-0.05, 0) is 23.3 Å². The summed E-state index contributed by atoms with van der Waals surface area (Å²) in [5.74, 6) is 2.04. The Balaban J connectivity index is 2.41. The molecule has 0 aliphatic heterocycles. The number of hydrogen-bond acceptors (Lipinski definition) is 3. The third-order valence-electron chi connectivity index (χ3n) is 1.96. The Morgan fingerprint density at radius 1 is 1.40 bits per heavy atom. The van der Waals surface area contributed by atoms with Gasteiger partial charge in [-0.15, -0.1) is 0 Å². The molecule has 3 heteroatoms. The normalized spacial score (nSPS) is 10.7. The van der Waals surface area contributed by atoms with E-state index < -0.39 is 0 Å². The lowest BCUT2D eigenvalue weighted by Crippen LogP contribution is -2.01.